The van der Waals surface area contributed by atoms with Crippen LogP contribution in [0.25, 0.3) is 0 Å². The van der Waals surface area contributed by atoms with Crippen LogP contribution in [0.3, 0.4) is 0 Å². The normalized spacial score (nSPS) is 17.8. The topological polar surface area (TPSA) is 64.1 Å². The molecule has 0 aliphatic carbocycles. The van der Waals surface area contributed by atoms with Gasteiger partial charge in [-0.15, -0.1) is 0 Å². The van der Waals surface area contributed by atoms with Crippen LogP contribution < -0.4 is 11.2 Å². The number of nitrogens with zero attached hydrogens (tertiary/aromatic N) is 1. The first-order chi connectivity index (χ1) is 9.66. The van der Waals surface area contributed by atoms with Gasteiger partial charge in [0.25, 0.3) is 5.56 Å². The molecule has 0 spiro atoms. The van der Waals surface area contributed by atoms with Crippen molar-refractivity contribution in [2.45, 2.75) is 19.1 Å². The van der Waals surface area contributed by atoms with Gasteiger partial charge in [-0.2, -0.15) is 0 Å². The lowest BCUT2D eigenvalue weighted by atomic mass is 9.97. The quantitative estimate of drug-likeness (QED) is 0.906. The average Bonchev–Trinajstić information content (AvgIpc) is 2.48. The SMILES string of the molecule is O=c1[nH]cc(Br)c(=O)n1CC1OCCc2ccccc21. The highest BCUT2D eigenvalue weighted by atomic mass is 79.9. The van der Waals surface area contributed by atoms with Crippen LogP contribution in [0.4, 0.5) is 0 Å². The second-order valence-corrected chi connectivity index (χ2v) is 5.52. The maximum Gasteiger partial charge on any atom is 0.328 e. The molecule has 0 amide bonds. The van der Waals surface area contributed by atoms with Gasteiger partial charge in [0, 0.05) is 6.20 Å². The number of aromatic amines is 1. The number of benzene rings is 1. The number of hydrogen-bond acceptors (Lipinski definition) is 3. The zero-order valence-corrected chi connectivity index (χ0v) is 12.2. The van der Waals surface area contributed by atoms with Crippen LogP contribution in [-0.4, -0.2) is 16.2 Å². The number of H-pyrrole nitrogens is 1. The average molecular weight is 337 g/mol. The van der Waals surface area contributed by atoms with Crippen molar-refractivity contribution < 1.29 is 4.74 Å². The van der Waals surface area contributed by atoms with Crippen LogP contribution in [0, 0.1) is 0 Å². The Hall–Kier alpha value is -1.66. The standard InChI is InChI=1S/C14H13BrN2O3/c15-11-7-16-14(19)17(13(11)18)8-12-10-4-2-1-3-9(10)5-6-20-12/h1-4,7,12H,5-6,8H2,(H,16,19). The fourth-order valence-electron chi connectivity index (χ4n) is 2.45. The molecule has 1 aromatic heterocycles. The van der Waals surface area contributed by atoms with Crippen molar-refractivity contribution in [1.82, 2.24) is 9.55 Å². The maximum absolute atomic E-state index is 12.0. The highest BCUT2D eigenvalue weighted by molar-refractivity contribution is 9.10. The van der Waals surface area contributed by atoms with Gasteiger partial charge in [0.1, 0.15) is 6.10 Å². The van der Waals surface area contributed by atoms with Gasteiger partial charge in [-0.05, 0) is 33.5 Å². The lowest BCUT2D eigenvalue weighted by Crippen LogP contribution is -2.37. The first-order valence-electron chi connectivity index (χ1n) is 6.34. The van der Waals surface area contributed by atoms with E-state index in [1.807, 2.05) is 18.2 Å². The Morgan fingerprint density at radius 1 is 1.35 bits per heavy atom. The fraction of sp³-hybridized carbons (Fsp3) is 0.286. The number of rotatable bonds is 2. The van der Waals surface area contributed by atoms with Crippen molar-refractivity contribution in [1.29, 1.82) is 0 Å². The van der Waals surface area contributed by atoms with E-state index >= 15 is 0 Å². The van der Waals surface area contributed by atoms with E-state index < -0.39 is 5.69 Å². The van der Waals surface area contributed by atoms with E-state index in [4.69, 9.17) is 4.74 Å². The van der Waals surface area contributed by atoms with Crippen molar-refractivity contribution in [3.05, 3.63) is 66.9 Å². The molecule has 5 nitrogen and oxygen atoms in total. The summed E-state index contributed by atoms with van der Waals surface area (Å²) in [5.74, 6) is 0. The fourth-order valence-corrected chi connectivity index (χ4v) is 2.77. The van der Waals surface area contributed by atoms with Gasteiger partial charge in [0.2, 0.25) is 0 Å². The van der Waals surface area contributed by atoms with E-state index in [1.165, 1.54) is 11.8 Å². The number of ether oxygens (including phenoxy) is 1. The third-order valence-corrected chi connectivity index (χ3v) is 4.03. The zero-order valence-electron chi connectivity index (χ0n) is 10.6. The van der Waals surface area contributed by atoms with Gasteiger partial charge in [-0.25, -0.2) is 4.79 Å². The number of aromatic nitrogens is 2. The van der Waals surface area contributed by atoms with Crippen LogP contribution in [-0.2, 0) is 17.7 Å². The molecule has 6 heteroatoms. The second kappa shape index (κ2) is 5.38. The molecule has 0 fully saturated rings. The van der Waals surface area contributed by atoms with Gasteiger partial charge in [-0.1, -0.05) is 24.3 Å². The minimum atomic E-state index is -0.426. The van der Waals surface area contributed by atoms with E-state index in [-0.39, 0.29) is 18.2 Å². The molecule has 3 rings (SSSR count). The zero-order chi connectivity index (χ0) is 14.1. The summed E-state index contributed by atoms with van der Waals surface area (Å²) in [6.07, 6.45) is 1.95. The maximum atomic E-state index is 12.0. The predicted octanol–water partition coefficient (Wildman–Crippen LogP) is 1.61. The first kappa shape index (κ1) is 13.3. The van der Waals surface area contributed by atoms with Crippen molar-refractivity contribution in [3.63, 3.8) is 0 Å². The summed E-state index contributed by atoms with van der Waals surface area (Å²) in [5, 5.41) is 0. The minimum Gasteiger partial charge on any atom is -0.371 e. The van der Waals surface area contributed by atoms with Crippen molar-refractivity contribution in [3.8, 4) is 0 Å². The van der Waals surface area contributed by atoms with Gasteiger partial charge in [0.05, 0.1) is 17.6 Å². The Morgan fingerprint density at radius 3 is 3.00 bits per heavy atom. The molecule has 20 heavy (non-hydrogen) atoms. The van der Waals surface area contributed by atoms with E-state index in [0.717, 1.165) is 16.6 Å². The third kappa shape index (κ3) is 2.36. The smallest absolute Gasteiger partial charge is 0.328 e. The Labute approximate surface area is 123 Å². The molecule has 0 radical (unpaired) electrons. The highest BCUT2D eigenvalue weighted by Crippen LogP contribution is 2.27. The van der Waals surface area contributed by atoms with E-state index in [1.54, 1.807) is 0 Å². The third-order valence-electron chi connectivity index (χ3n) is 3.46. The molecule has 1 aliphatic heterocycles. The number of halogens is 1. The minimum absolute atomic E-state index is 0.213. The summed E-state index contributed by atoms with van der Waals surface area (Å²) >= 11 is 3.13. The molecule has 1 aliphatic rings. The Kier molecular flexibility index (Phi) is 3.58. The summed E-state index contributed by atoms with van der Waals surface area (Å²) in [6, 6.07) is 7.96. The van der Waals surface area contributed by atoms with E-state index in [2.05, 4.69) is 27.0 Å². The van der Waals surface area contributed by atoms with Gasteiger partial charge >= 0.3 is 5.69 Å². The van der Waals surface area contributed by atoms with Crippen LogP contribution >= 0.6 is 15.9 Å². The summed E-state index contributed by atoms with van der Waals surface area (Å²) in [6.45, 7) is 0.812. The van der Waals surface area contributed by atoms with E-state index in [9.17, 15) is 9.59 Å². The monoisotopic (exact) mass is 336 g/mol. The molecule has 0 bridgehead atoms. The largest absolute Gasteiger partial charge is 0.371 e. The molecule has 0 saturated carbocycles. The molecular formula is C14H13BrN2O3. The van der Waals surface area contributed by atoms with Crippen LogP contribution in [0.2, 0.25) is 0 Å². The summed E-state index contributed by atoms with van der Waals surface area (Å²) in [5.41, 5.74) is 1.48. The van der Waals surface area contributed by atoms with Crippen LogP contribution in [0.1, 0.15) is 17.2 Å². The van der Waals surface area contributed by atoms with Gasteiger partial charge in [-0.3, -0.25) is 9.36 Å². The lowest BCUT2D eigenvalue weighted by molar-refractivity contribution is 0.0290. The molecule has 1 unspecified atom stereocenters. The van der Waals surface area contributed by atoms with Crippen molar-refractivity contribution >= 4 is 15.9 Å². The first-order valence-corrected chi connectivity index (χ1v) is 7.13. The van der Waals surface area contributed by atoms with Crippen LogP contribution in [0.15, 0.2) is 44.5 Å². The van der Waals surface area contributed by atoms with Gasteiger partial charge < -0.3 is 9.72 Å². The molecule has 1 atom stereocenters. The highest BCUT2D eigenvalue weighted by Gasteiger charge is 2.22. The number of nitrogens with one attached hydrogen (secondary N) is 1. The Morgan fingerprint density at radius 2 is 2.15 bits per heavy atom. The predicted molar refractivity (Wildman–Crippen MR) is 77.9 cm³/mol. The molecule has 2 heterocycles. The Balaban J connectivity index is 2.00. The van der Waals surface area contributed by atoms with Crippen molar-refractivity contribution in [2.24, 2.45) is 0 Å². The molecule has 1 aromatic carbocycles. The van der Waals surface area contributed by atoms with Crippen molar-refractivity contribution in [2.75, 3.05) is 6.61 Å². The number of hydrogen-bond donors (Lipinski definition) is 1. The molecule has 0 saturated heterocycles. The van der Waals surface area contributed by atoms with Gasteiger partial charge in [0.15, 0.2) is 0 Å². The lowest BCUT2D eigenvalue weighted by Gasteiger charge is -2.26. The Bertz CT molecular complexity index is 751. The second-order valence-electron chi connectivity index (χ2n) is 4.67. The summed E-state index contributed by atoms with van der Waals surface area (Å²) < 4.78 is 7.23. The summed E-state index contributed by atoms with van der Waals surface area (Å²) in [4.78, 5) is 26.4. The molecular weight excluding hydrogens is 324 g/mol. The van der Waals surface area contributed by atoms with Crippen LogP contribution in [0.5, 0.6) is 0 Å². The molecule has 1 N–H and O–H groups in total. The molecule has 2 aromatic rings. The van der Waals surface area contributed by atoms with E-state index in [0.29, 0.717) is 11.1 Å². The molecule has 104 valence electrons. The number of fused-ring (bicyclic) bond motifs is 1. The summed E-state index contributed by atoms with van der Waals surface area (Å²) in [7, 11) is 0.